The molecule has 0 saturated heterocycles. The van der Waals surface area contributed by atoms with E-state index in [1.807, 2.05) is 30.1 Å². The van der Waals surface area contributed by atoms with Gasteiger partial charge in [-0.25, -0.2) is 0 Å². The average Bonchev–Trinajstić information content (AvgIpc) is 3.03. The van der Waals surface area contributed by atoms with Crippen molar-refractivity contribution in [3.63, 3.8) is 0 Å². The fourth-order valence-electron chi connectivity index (χ4n) is 2.54. The molecule has 0 radical (unpaired) electrons. The summed E-state index contributed by atoms with van der Waals surface area (Å²) in [7, 11) is 1.93. The van der Waals surface area contributed by atoms with Gasteiger partial charge in [0.2, 0.25) is 0 Å². The molecule has 1 aromatic carbocycles. The van der Waals surface area contributed by atoms with Gasteiger partial charge in [0, 0.05) is 29.9 Å². The topological polar surface area (TPSA) is 22.0 Å². The molecule has 0 saturated carbocycles. The average molecular weight is 271 g/mol. The minimum Gasteiger partial charge on any atom is -0.357 e. The molecule has 98 valence electrons. The first kappa shape index (κ1) is 12.5. The third-order valence-corrected chi connectivity index (χ3v) is 4.59. The fraction of sp³-hybridized carbons (Fsp3) is 0.312. The summed E-state index contributed by atoms with van der Waals surface area (Å²) in [4.78, 5) is 13.2. The van der Waals surface area contributed by atoms with E-state index in [1.54, 1.807) is 11.8 Å². The number of benzene rings is 1. The lowest BCUT2D eigenvalue weighted by Crippen LogP contribution is -2.01. The molecule has 19 heavy (non-hydrogen) atoms. The van der Waals surface area contributed by atoms with E-state index in [4.69, 9.17) is 0 Å². The van der Waals surface area contributed by atoms with Gasteiger partial charge in [0.25, 0.3) is 0 Å². The Balaban J connectivity index is 1.64. The number of hydrogen-bond donors (Lipinski definition) is 0. The van der Waals surface area contributed by atoms with E-state index in [0.717, 1.165) is 5.56 Å². The number of Topliss-reactive ketones (excluding diaryl/α,β-unsaturated/α-hetero) is 1. The van der Waals surface area contributed by atoms with E-state index in [9.17, 15) is 4.79 Å². The first-order valence-electron chi connectivity index (χ1n) is 6.62. The Morgan fingerprint density at radius 3 is 2.89 bits per heavy atom. The number of carbonyl (C=O) groups is 1. The van der Waals surface area contributed by atoms with Gasteiger partial charge in [-0.15, -0.1) is 11.8 Å². The van der Waals surface area contributed by atoms with Crippen LogP contribution in [0.2, 0.25) is 0 Å². The van der Waals surface area contributed by atoms with Crippen LogP contribution in [0.25, 0.3) is 0 Å². The Kier molecular flexibility index (Phi) is 3.47. The molecule has 0 N–H and O–H groups in total. The highest BCUT2D eigenvalue weighted by atomic mass is 32.2. The van der Waals surface area contributed by atoms with Crippen molar-refractivity contribution < 1.29 is 4.79 Å². The third kappa shape index (κ3) is 2.76. The standard InChI is InChI=1S/C16H17NOS/c1-17-8-7-14(10-17)16(18)11-19-15-6-5-12-3-2-4-13(12)9-15/h5-10H,2-4,11H2,1H3. The maximum atomic E-state index is 12.0. The second-order valence-electron chi connectivity index (χ2n) is 5.06. The van der Waals surface area contributed by atoms with Gasteiger partial charge in [0.1, 0.15) is 0 Å². The van der Waals surface area contributed by atoms with Gasteiger partial charge in [-0.1, -0.05) is 6.07 Å². The van der Waals surface area contributed by atoms with Crippen LogP contribution in [0.5, 0.6) is 0 Å². The normalized spacial score (nSPS) is 13.5. The predicted octanol–water partition coefficient (Wildman–Crippen LogP) is 3.49. The second kappa shape index (κ2) is 5.25. The summed E-state index contributed by atoms with van der Waals surface area (Å²) >= 11 is 1.64. The lowest BCUT2D eigenvalue weighted by atomic mass is 10.1. The van der Waals surface area contributed by atoms with Crippen LogP contribution in [-0.2, 0) is 19.9 Å². The molecule has 2 aromatic rings. The van der Waals surface area contributed by atoms with Crippen LogP contribution in [0.1, 0.15) is 27.9 Å². The molecule has 3 rings (SSSR count). The summed E-state index contributed by atoms with van der Waals surface area (Å²) < 4.78 is 1.91. The summed E-state index contributed by atoms with van der Waals surface area (Å²) in [5, 5.41) is 0. The SMILES string of the molecule is Cn1ccc(C(=O)CSc2ccc3c(c2)CCC3)c1. The minimum absolute atomic E-state index is 0.200. The smallest absolute Gasteiger partial charge is 0.174 e. The molecule has 2 nitrogen and oxygen atoms in total. The molecular formula is C16H17NOS. The van der Waals surface area contributed by atoms with Gasteiger partial charge in [0.05, 0.1) is 5.75 Å². The van der Waals surface area contributed by atoms with Crippen molar-refractivity contribution in [2.75, 3.05) is 5.75 Å². The Morgan fingerprint density at radius 1 is 1.26 bits per heavy atom. The van der Waals surface area contributed by atoms with Crippen molar-refractivity contribution >= 4 is 17.5 Å². The zero-order valence-corrected chi connectivity index (χ0v) is 11.9. The van der Waals surface area contributed by atoms with Gasteiger partial charge in [-0.05, 0) is 48.6 Å². The largest absolute Gasteiger partial charge is 0.357 e. The molecule has 1 aromatic heterocycles. The molecule has 1 aliphatic rings. The number of hydrogen-bond acceptors (Lipinski definition) is 2. The maximum absolute atomic E-state index is 12.0. The zero-order chi connectivity index (χ0) is 13.2. The molecule has 0 fully saturated rings. The van der Waals surface area contributed by atoms with Gasteiger partial charge < -0.3 is 4.57 Å². The molecule has 1 aliphatic carbocycles. The Hall–Kier alpha value is -1.48. The van der Waals surface area contributed by atoms with Crippen molar-refractivity contribution in [2.45, 2.75) is 24.2 Å². The van der Waals surface area contributed by atoms with Crippen LogP contribution in [-0.4, -0.2) is 16.1 Å². The van der Waals surface area contributed by atoms with E-state index >= 15 is 0 Å². The van der Waals surface area contributed by atoms with Gasteiger partial charge in [0.15, 0.2) is 5.78 Å². The lowest BCUT2D eigenvalue weighted by Gasteiger charge is -2.04. The lowest BCUT2D eigenvalue weighted by molar-refractivity contribution is 0.102. The summed E-state index contributed by atoms with van der Waals surface area (Å²) in [5.74, 6) is 0.717. The number of fused-ring (bicyclic) bond motifs is 1. The third-order valence-electron chi connectivity index (χ3n) is 3.59. The van der Waals surface area contributed by atoms with Crippen molar-refractivity contribution in [1.29, 1.82) is 0 Å². The first-order valence-corrected chi connectivity index (χ1v) is 7.61. The van der Waals surface area contributed by atoms with Crippen molar-refractivity contribution in [2.24, 2.45) is 7.05 Å². The molecule has 0 unspecified atom stereocenters. The summed E-state index contributed by atoms with van der Waals surface area (Å²) in [6.45, 7) is 0. The van der Waals surface area contributed by atoms with E-state index < -0.39 is 0 Å². The molecule has 0 atom stereocenters. The van der Waals surface area contributed by atoms with E-state index in [2.05, 4.69) is 18.2 Å². The molecule has 0 bridgehead atoms. The van der Waals surface area contributed by atoms with Gasteiger partial charge in [-0.2, -0.15) is 0 Å². The van der Waals surface area contributed by atoms with Crippen molar-refractivity contribution in [3.05, 3.63) is 53.3 Å². The number of aryl methyl sites for hydroxylation is 3. The quantitative estimate of drug-likeness (QED) is 0.627. The fourth-order valence-corrected chi connectivity index (χ4v) is 3.39. The highest BCUT2D eigenvalue weighted by molar-refractivity contribution is 8.00. The summed E-state index contributed by atoms with van der Waals surface area (Å²) in [6.07, 6.45) is 7.46. The van der Waals surface area contributed by atoms with Crippen LogP contribution >= 0.6 is 11.8 Å². The zero-order valence-electron chi connectivity index (χ0n) is 11.1. The number of ketones is 1. The molecule has 0 aliphatic heterocycles. The Bertz CT molecular complexity index is 615. The molecule has 0 amide bonds. The Labute approximate surface area is 117 Å². The number of thioether (sulfide) groups is 1. The van der Waals surface area contributed by atoms with E-state index in [1.165, 1.54) is 35.3 Å². The van der Waals surface area contributed by atoms with Crippen LogP contribution in [0.15, 0.2) is 41.6 Å². The maximum Gasteiger partial charge on any atom is 0.174 e. The van der Waals surface area contributed by atoms with Crippen LogP contribution in [0, 0.1) is 0 Å². The number of aromatic nitrogens is 1. The van der Waals surface area contributed by atoms with Crippen LogP contribution in [0.4, 0.5) is 0 Å². The molecular weight excluding hydrogens is 254 g/mol. The van der Waals surface area contributed by atoms with Crippen molar-refractivity contribution in [1.82, 2.24) is 4.57 Å². The van der Waals surface area contributed by atoms with Crippen molar-refractivity contribution in [3.8, 4) is 0 Å². The Morgan fingerprint density at radius 2 is 2.11 bits per heavy atom. The summed E-state index contributed by atoms with van der Waals surface area (Å²) in [5.41, 5.74) is 3.76. The molecule has 0 spiro atoms. The highest BCUT2D eigenvalue weighted by Crippen LogP contribution is 2.27. The van der Waals surface area contributed by atoms with Crippen LogP contribution < -0.4 is 0 Å². The number of rotatable bonds is 4. The van der Waals surface area contributed by atoms with Gasteiger partial charge >= 0.3 is 0 Å². The predicted molar refractivity (Wildman–Crippen MR) is 78.9 cm³/mol. The second-order valence-corrected chi connectivity index (χ2v) is 6.11. The van der Waals surface area contributed by atoms with Gasteiger partial charge in [-0.3, -0.25) is 4.79 Å². The number of carbonyl (C=O) groups excluding carboxylic acids is 1. The molecule has 3 heteroatoms. The first-order chi connectivity index (χ1) is 9.22. The minimum atomic E-state index is 0.200. The van der Waals surface area contributed by atoms with Crippen LogP contribution in [0.3, 0.4) is 0 Å². The van der Waals surface area contributed by atoms with E-state index in [-0.39, 0.29) is 5.78 Å². The highest BCUT2D eigenvalue weighted by Gasteiger charge is 2.12. The summed E-state index contributed by atoms with van der Waals surface area (Å²) in [6, 6.07) is 8.50. The number of nitrogens with zero attached hydrogens (tertiary/aromatic N) is 1. The van der Waals surface area contributed by atoms with E-state index in [0.29, 0.717) is 5.75 Å². The molecule has 1 heterocycles. The monoisotopic (exact) mass is 271 g/mol.